The van der Waals surface area contributed by atoms with Crippen LogP contribution in [0.1, 0.15) is 0 Å². The summed E-state index contributed by atoms with van der Waals surface area (Å²) in [4.78, 5) is 12.7. The molecule has 0 N–H and O–H groups in total. The van der Waals surface area contributed by atoms with Crippen LogP contribution in [0.15, 0.2) is 97.2 Å². The van der Waals surface area contributed by atoms with Gasteiger partial charge in [0, 0.05) is 48.6 Å². The molecule has 0 atom stereocenters. The highest BCUT2D eigenvalue weighted by Gasteiger charge is 2.36. The minimum absolute atomic E-state index is 0.175. The fourth-order valence-electron chi connectivity index (χ4n) is 4.08. The van der Waals surface area contributed by atoms with Crippen LogP contribution in [0.5, 0.6) is 0 Å². The summed E-state index contributed by atoms with van der Waals surface area (Å²) in [6, 6.07) is 0. The van der Waals surface area contributed by atoms with Crippen LogP contribution in [-0.4, -0.2) is 92.8 Å². The minimum atomic E-state index is -0.805. The summed E-state index contributed by atoms with van der Waals surface area (Å²) in [6.07, 6.45) is 25.9. The van der Waals surface area contributed by atoms with Gasteiger partial charge in [-0.3, -0.25) is 0 Å². The van der Waals surface area contributed by atoms with E-state index in [0.717, 1.165) is 0 Å². The van der Waals surface area contributed by atoms with E-state index >= 15 is 0 Å². The summed E-state index contributed by atoms with van der Waals surface area (Å²) < 4.78 is 25.0. The second kappa shape index (κ2) is 14.6. The lowest BCUT2D eigenvalue weighted by Gasteiger charge is -2.36. The first-order valence-corrected chi connectivity index (χ1v) is 12.8. The Morgan fingerprint density at radius 3 is 0.780 bits per heavy atom. The molecular formula is C29H28N8O4. The van der Waals surface area contributed by atoms with Crippen molar-refractivity contribution in [1.29, 1.82) is 0 Å². The van der Waals surface area contributed by atoms with Gasteiger partial charge in [-0.2, -0.15) is 19.2 Å². The summed E-state index contributed by atoms with van der Waals surface area (Å²) >= 11 is 0. The second-order valence-electron chi connectivity index (χ2n) is 9.57. The Balaban J connectivity index is 1.54. The normalized spacial score (nSPS) is 25.6. The van der Waals surface area contributed by atoms with Gasteiger partial charge in [0.1, 0.15) is 0 Å². The SMILES string of the molecule is [N-]=[N+]=C1C=CC(OCC(COC2C=CC(=[N+]=[N-])C=C2)(COC2C=CC(=[N+]=[N-])C=C2)COC2C=CC(=[N+]=[N-])C=C2)C=C1. The lowest BCUT2D eigenvalue weighted by molar-refractivity contribution is -0.119. The summed E-state index contributed by atoms with van der Waals surface area (Å²) in [5, 5.41) is 0. The van der Waals surface area contributed by atoms with Crippen molar-refractivity contribution in [3.05, 3.63) is 119 Å². The van der Waals surface area contributed by atoms with Gasteiger partial charge in [0.2, 0.25) is 0 Å². The van der Waals surface area contributed by atoms with Gasteiger partial charge in [0.05, 0.1) is 56.3 Å². The number of rotatable bonds is 12. The van der Waals surface area contributed by atoms with Crippen LogP contribution >= 0.6 is 0 Å². The average molecular weight is 553 g/mol. The zero-order valence-corrected chi connectivity index (χ0v) is 22.1. The van der Waals surface area contributed by atoms with E-state index in [0.29, 0.717) is 22.8 Å². The van der Waals surface area contributed by atoms with Crippen molar-refractivity contribution >= 4 is 22.8 Å². The molecule has 0 radical (unpaired) electrons. The molecule has 0 aromatic heterocycles. The fourth-order valence-corrected chi connectivity index (χ4v) is 4.08. The van der Waals surface area contributed by atoms with Gasteiger partial charge in [-0.25, -0.2) is 0 Å². The van der Waals surface area contributed by atoms with Crippen LogP contribution in [0, 0.1) is 5.41 Å². The third kappa shape index (κ3) is 8.63. The maximum absolute atomic E-state index is 9.01. The van der Waals surface area contributed by atoms with E-state index in [2.05, 4.69) is 19.2 Å². The van der Waals surface area contributed by atoms with E-state index in [4.69, 9.17) is 41.1 Å². The van der Waals surface area contributed by atoms with E-state index in [1.54, 1.807) is 97.2 Å². The molecule has 0 aromatic rings. The summed E-state index contributed by atoms with van der Waals surface area (Å²) in [5.41, 5.74) is 36.9. The quantitative estimate of drug-likeness (QED) is 0.266. The zero-order valence-electron chi connectivity index (χ0n) is 22.1. The molecule has 4 aliphatic carbocycles. The third-order valence-electron chi connectivity index (χ3n) is 6.44. The first kappa shape index (κ1) is 29.3. The highest BCUT2D eigenvalue weighted by molar-refractivity contribution is 6.02. The molecule has 12 nitrogen and oxygen atoms in total. The van der Waals surface area contributed by atoms with Gasteiger partial charge < -0.3 is 41.1 Å². The Bertz CT molecular complexity index is 1170. The van der Waals surface area contributed by atoms with Crippen LogP contribution < -0.4 is 0 Å². The number of hydrogen-bond acceptors (Lipinski definition) is 4. The second-order valence-corrected chi connectivity index (χ2v) is 9.57. The van der Waals surface area contributed by atoms with Crippen LogP contribution in [0.4, 0.5) is 0 Å². The van der Waals surface area contributed by atoms with Crippen molar-refractivity contribution in [3.63, 3.8) is 0 Å². The highest BCUT2D eigenvalue weighted by atomic mass is 16.5. The van der Waals surface area contributed by atoms with Gasteiger partial charge in [-0.1, -0.05) is 0 Å². The Morgan fingerprint density at radius 1 is 0.415 bits per heavy atom. The molecule has 41 heavy (non-hydrogen) atoms. The zero-order chi connectivity index (χ0) is 28.9. The molecule has 0 fully saturated rings. The summed E-state index contributed by atoms with van der Waals surface area (Å²) in [7, 11) is 0. The Hall–Kier alpha value is -4.72. The molecule has 0 unspecified atom stereocenters. The molecule has 0 saturated carbocycles. The molecule has 0 heterocycles. The van der Waals surface area contributed by atoms with Crippen molar-refractivity contribution in [2.75, 3.05) is 26.4 Å². The van der Waals surface area contributed by atoms with Crippen LogP contribution in [0.2, 0.25) is 0 Å². The molecule has 4 aliphatic rings. The smallest absolute Gasteiger partial charge is 0.314 e. The minimum Gasteiger partial charge on any atom is -0.369 e. The molecule has 4 rings (SSSR count). The summed E-state index contributed by atoms with van der Waals surface area (Å²) in [6.45, 7) is 0.700. The van der Waals surface area contributed by atoms with Gasteiger partial charge in [0.25, 0.3) is 0 Å². The molecule has 12 heteroatoms. The van der Waals surface area contributed by atoms with E-state index in [1.165, 1.54) is 0 Å². The van der Waals surface area contributed by atoms with Gasteiger partial charge in [0.15, 0.2) is 0 Å². The maximum Gasteiger partial charge on any atom is 0.314 e. The third-order valence-corrected chi connectivity index (χ3v) is 6.44. The van der Waals surface area contributed by atoms with Gasteiger partial charge in [-0.15, -0.1) is 0 Å². The fraction of sp³-hybridized carbons (Fsp3) is 0.310. The van der Waals surface area contributed by atoms with E-state index < -0.39 is 5.41 Å². The Kier molecular flexibility index (Phi) is 10.4. The molecular weight excluding hydrogens is 524 g/mol. The van der Waals surface area contributed by atoms with Crippen molar-refractivity contribution < 1.29 is 38.1 Å². The molecule has 0 bridgehead atoms. The lowest BCUT2D eigenvalue weighted by atomic mass is 9.91. The molecule has 0 spiro atoms. The predicted molar refractivity (Wildman–Crippen MR) is 149 cm³/mol. The van der Waals surface area contributed by atoms with Crippen molar-refractivity contribution in [2.45, 2.75) is 24.4 Å². The predicted octanol–water partition coefficient (Wildman–Crippen LogP) is 2.70. The standard InChI is InChI=1S/C29H28N8O4/c30-34-21-1-9-25(10-2-21)38-17-29(18-39-26-11-3-22(35-31)4-12-26,19-40-27-13-5-23(36-32)6-14-27)20-41-28-15-7-24(37-33)8-16-28/h1-16,25-28H,17-20H2. The number of allylic oxidation sites excluding steroid dienone is 8. The van der Waals surface area contributed by atoms with Crippen molar-refractivity contribution in [3.8, 4) is 0 Å². The van der Waals surface area contributed by atoms with Crippen LogP contribution in [0.25, 0.3) is 22.1 Å². The largest absolute Gasteiger partial charge is 0.369 e. The van der Waals surface area contributed by atoms with E-state index in [-0.39, 0.29) is 50.8 Å². The van der Waals surface area contributed by atoms with E-state index in [1.807, 2.05) is 0 Å². The first-order valence-electron chi connectivity index (χ1n) is 12.8. The molecule has 208 valence electrons. The highest BCUT2D eigenvalue weighted by Crippen LogP contribution is 2.26. The Labute approximate surface area is 236 Å². The molecule has 0 aliphatic heterocycles. The van der Waals surface area contributed by atoms with Gasteiger partial charge >= 0.3 is 22.8 Å². The van der Waals surface area contributed by atoms with Crippen LogP contribution in [-0.2, 0) is 18.9 Å². The monoisotopic (exact) mass is 552 g/mol. The number of hydrogen-bond donors (Lipinski definition) is 0. The van der Waals surface area contributed by atoms with Crippen LogP contribution in [0.3, 0.4) is 0 Å². The van der Waals surface area contributed by atoms with Crippen molar-refractivity contribution in [2.24, 2.45) is 5.41 Å². The number of nitrogens with zero attached hydrogens (tertiary/aromatic N) is 8. The summed E-state index contributed by atoms with van der Waals surface area (Å²) in [5.74, 6) is 0. The first-order chi connectivity index (χ1) is 20.0. The Morgan fingerprint density at radius 2 is 0.610 bits per heavy atom. The average Bonchev–Trinajstić information content (AvgIpc) is 3.05. The number of ether oxygens (including phenoxy) is 4. The molecule has 0 amide bonds. The topological polar surface area (TPSA) is 183 Å². The van der Waals surface area contributed by atoms with Gasteiger partial charge in [-0.05, 0) is 48.6 Å². The molecule has 0 saturated heterocycles. The lowest BCUT2D eigenvalue weighted by Crippen LogP contribution is -2.45. The maximum atomic E-state index is 9.01. The molecule has 0 aromatic carbocycles. The van der Waals surface area contributed by atoms with Crippen molar-refractivity contribution in [1.82, 2.24) is 0 Å². The van der Waals surface area contributed by atoms with E-state index in [9.17, 15) is 0 Å².